The van der Waals surface area contributed by atoms with Gasteiger partial charge in [-0.1, -0.05) is 0 Å². The van der Waals surface area contributed by atoms with Crippen molar-refractivity contribution in [2.45, 2.75) is 32.4 Å². The van der Waals surface area contributed by atoms with Crippen LogP contribution in [0.3, 0.4) is 0 Å². The monoisotopic (exact) mass is 397 g/mol. The predicted octanol–water partition coefficient (Wildman–Crippen LogP) is 2.98. The van der Waals surface area contributed by atoms with Gasteiger partial charge in [0.05, 0.1) is 12.2 Å². The van der Waals surface area contributed by atoms with E-state index in [4.69, 9.17) is 13.9 Å². The maximum atomic E-state index is 12.9. The van der Waals surface area contributed by atoms with E-state index >= 15 is 0 Å². The number of methoxy groups -OCH3 is 1. The molecule has 2 aromatic rings. The van der Waals surface area contributed by atoms with E-state index in [1.807, 2.05) is 6.92 Å². The van der Waals surface area contributed by atoms with Gasteiger partial charge in [-0.05, 0) is 49.7 Å². The van der Waals surface area contributed by atoms with Crippen molar-refractivity contribution >= 4 is 17.4 Å². The van der Waals surface area contributed by atoms with Crippen molar-refractivity contribution in [1.29, 1.82) is 0 Å². The average molecular weight is 397 g/mol. The normalized spacial score (nSPS) is 22.8. The summed E-state index contributed by atoms with van der Waals surface area (Å²) in [7, 11) is 1.52. The molecule has 1 aromatic heterocycles. The van der Waals surface area contributed by atoms with E-state index in [2.05, 4.69) is 0 Å². The van der Waals surface area contributed by atoms with Crippen LogP contribution in [-0.4, -0.2) is 48.1 Å². The number of Topliss-reactive ketones (excluding diaryl/α,β-unsaturated/α-hetero) is 1. The highest BCUT2D eigenvalue weighted by Gasteiger charge is 2.47. The van der Waals surface area contributed by atoms with Gasteiger partial charge in [-0.3, -0.25) is 9.59 Å². The first-order valence-corrected chi connectivity index (χ1v) is 9.54. The molecule has 0 saturated carbocycles. The fourth-order valence-electron chi connectivity index (χ4n) is 3.92. The van der Waals surface area contributed by atoms with Crippen molar-refractivity contribution in [3.8, 4) is 5.75 Å². The summed E-state index contributed by atoms with van der Waals surface area (Å²) in [5.41, 5.74) is 1.45. The number of ether oxygens (including phenoxy) is 2. The van der Waals surface area contributed by atoms with Gasteiger partial charge in [0.2, 0.25) is 0 Å². The minimum absolute atomic E-state index is 0.0207. The predicted molar refractivity (Wildman–Crippen MR) is 105 cm³/mol. The third kappa shape index (κ3) is 3.31. The first kappa shape index (κ1) is 19.3. The van der Waals surface area contributed by atoms with Crippen LogP contribution in [0.2, 0.25) is 0 Å². The average Bonchev–Trinajstić information content (AvgIpc) is 3.35. The van der Waals surface area contributed by atoms with Crippen LogP contribution in [0, 0.1) is 6.92 Å². The summed E-state index contributed by atoms with van der Waals surface area (Å²) in [6.45, 7) is 4.22. The van der Waals surface area contributed by atoms with Gasteiger partial charge in [-0.25, -0.2) is 0 Å². The van der Waals surface area contributed by atoms with Crippen molar-refractivity contribution in [3.05, 3.63) is 58.6 Å². The van der Waals surface area contributed by atoms with Gasteiger partial charge in [0, 0.05) is 25.6 Å². The maximum absolute atomic E-state index is 12.9. The quantitative estimate of drug-likeness (QED) is 0.474. The third-order valence-electron chi connectivity index (χ3n) is 5.28. The van der Waals surface area contributed by atoms with Crippen molar-refractivity contribution in [2.24, 2.45) is 0 Å². The Morgan fingerprint density at radius 2 is 2.07 bits per heavy atom. The van der Waals surface area contributed by atoms with Crippen molar-refractivity contribution in [3.63, 3.8) is 0 Å². The minimum Gasteiger partial charge on any atom is -0.507 e. The fraction of sp³-hybridized carbons (Fsp3) is 0.364. The van der Waals surface area contributed by atoms with E-state index in [1.165, 1.54) is 12.0 Å². The number of nitrogens with zero attached hydrogens (tertiary/aromatic N) is 1. The van der Waals surface area contributed by atoms with E-state index in [0.29, 0.717) is 17.1 Å². The Hall–Kier alpha value is -3.06. The molecule has 1 saturated heterocycles. The molecular formula is C22H23NO6. The minimum atomic E-state index is -0.803. The van der Waals surface area contributed by atoms with Gasteiger partial charge >= 0.3 is 0 Å². The number of benzene rings is 1. The molecule has 2 aliphatic heterocycles. The van der Waals surface area contributed by atoms with Crippen LogP contribution >= 0.6 is 0 Å². The standard InChI is InChI=1S/C22H23NO6/c1-12-4-6-17(28-12)19-18(21(25)22(26)23(19)8-9-27-3)20(24)14-5-7-16-15(11-14)10-13(2)29-16/h4-7,11,13,19,24H,8-10H2,1-3H3/b20-18+/t13-,19-/m0/s1. The number of rotatable bonds is 5. The molecule has 1 N–H and O–H groups in total. The molecule has 3 heterocycles. The smallest absolute Gasteiger partial charge is 0.295 e. The molecular weight excluding hydrogens is 374 g/mol. The number of likely N-dealkylation sites (tertiary alicyclic amines) is 1. The second-order valence-corrected chi connectivity index (χ2v) is 7.39. The summed E-state index contributed by atoms with van der Waals surface area (Å²) in [6, 6.07) is 7.96. The molecule has 4 rings (SSSR count). The van der Waals surface area contributed by atoms with Gasteiger partial charge in [-0.2, -0.15) is 0 Å². The van der Waals surface area contributed by atoms with Crippen LogP contribution in [0.5, 0.6) is 5.75 Å². The van der Waals surface area contributed by atoms with Crippen LogP contribution in [0.15, 0.2) is 40.3 Å². The van der Waals surface area contributed by atoms with E-state index in [9.17, 15) is 14.7 Å². The van der Waals surface area contributed by atoms with Gasteiger partial charge in [-0.15, -0.1) is 0 Å². The van der Waals surface area contributed by atoms with Crippen LogP contribution in [0.25, 0.3) is 5.76 Å². The van der Waals surface area contributed by atoms with Crippen LogP contribution in [-0.2, 0) is 20.7 Å². The maximum Gasteiger partial charge on any atom is 0.295 e. The number of furan rings is 1. The Balaban J connectivity index is 1.81. The van der Waals surface area contributed by atoms with E-state index < -0.39 is 17.7 Å². The zero-order chi connectivity index (χ0) is 20.7. The van der Waals surface area contributed by atoms with Gasteiger partial charge in [0.1, 0.15) is 35.2 Å². The SMILES string of the molecule is COCCN1C(=O)C(=O)/C(=C(/O)c2ccc3c(c2)C[C@H](C)O3)[C@@H]1c1ccc(C)o1. The lowest BCUT2D eigenvalue weighted by Crippen LogP contribution is -2.32. The second kappa shape index (κ2) is 7.40. The van der Waals surface area contributed by atoms with E-state index in [0.717, 1.165) is 17.7 Å². The molecule has 0 bridgehead atoms. The lowest BCUT2D eigenvalue weighted by atomic mass is 9.97. The second-order valence-electron chi connectivity index (χ2n) is 7.39. The molecule has 7 heteroatoms. The lowest BCUT2D eigenvalue weighted by molar-refractivity contribution is -0.140. The van der Waals surface area contributed by atoms with E-state index in [-0.39, 0.29) is 30.6 Å². The molecule has 0 aliphatic carbocycles. The number of aryl methyl sites for hydroxylation is 1. The molecule has 1 aromatic carbocycles. The largest absolute Gasteiger partial charge is 0.507 e. The zero-order valence-electron chi connectivity index (χ0n) is 16.6. The molecule has 1 amide bonds. The Kier molecular flexibility index (Phi) is 4.92. The van der Waals surface area contributed by atoms with Crippen molar-refractivity contribution in [2.75, 3.05) is 20.3 Å². The van der Waals surface area contributed by atoms with Crippen molar-refractivity contribution < 1.29 is 28.6 Å². The first-order chi connectivity index (χ1) is 13.9. The number of carbonyl (C=O) groups is 2. The highest BCUT2D eigenvalue weighted by molar-refractivity contribution is 6.46. The number of hydrogen-bond acceptors (Lipinski definition) is 6. The van der Waals surface area contributed by atoms with Gasteiger partial charge in [0.15, 0.2) is 0 Å². The summed E-state index contributed by atoms with van der Waals surface area (Å²) in [4.78, 5) is 26.9. The lowest BCUT2D eigenvalue weighted by Gasteiger charge is -2.22. The third-order valence-corrected chi connectivity index (χ3v) is 5.28. The Bertz CT molecular complexity index is 1000. The number of amides is 1. The zero-order valence-corrected chi connectivity index (χ0v) is 16.6. The van der Waals surface area contributed by atoms with E-state index in [1.54, 1.807) is 37.3 Å². The molecule has 2 aliphatic rings. The van der Waals surface area contributed by atoms with Crippen LogP contribution in [0.4, 0.5) is 0 Å². The molecule has 29 heavy (non-hydrogen) atoms. The van der Waals surface area contributed by atoms with Crippen LogP contribution < -0.4 is 4.74 Å². The number of ketones is 1. The Labute approximate surface area is 168 Å². The van der Waals surface area contributed by atoms with Crippen molar-refractivity contribution in [1.82, 2.24) is 4.90 Å². The number of hydrogen-bond donors (Lipinski definition) is 1. The number of fused-ring (bicyclic) bond motifs is 1. The summed E-state index contributed by atoms with van der Waals surface area (Å²) >= 11 is 0. The van der Waals surface area contributed by atoms with Gasteiger partial charge in [0.25, 0.3) is 11.7 Å². The number of carbonyl (C=O) groups excluding carboxylic acids is 2. The first-order valence-electron chi connectivity index (χ1n) is 9.54. The Morgan fingerprint density at radius 1 is 1.28 bits per heavy atom. The highest BCUT2D eigenvalue weighted by atomic mass is 16.5. The number of aliphatic hydroxyl groups excluding tert-OH is 1. The fourth-order valence-corrected chi connectivity index (χ4v) is 3.92. The van der Waals surface area contributed by atoms with Crippen LogP contribution in [0.1, 0.15) is 35.6 Å². The molecule has 152 valence electrons. The topological polar surface area (TPSA) is 89.2 Å². The molecule has 7 nitrogen and oxygen atoms in total. The summed E-state index contributed by atoms with van der Waals surface area (Å²) in [5.74, 6) is 0.222. The molecule has 2 atom stereocenters. The molecule has 0 unspecified atom stereocenters. The summed E-state index contributed by atoms with van der Waals surface area (Å²) in [5, 5.41) is 11.1. The highest BCUT2D eigenvalue weighted by Crippen LogP contribution is 2.40. The molecule has 0 radical (unpaired) electrons. The molecule has 1 fully saturated rings. The number of aliphatic hydroxyl groups is 1. The summed E-state index contributed by atoms with van der Waals surface area (Å²) in [6.07, 6.45) is 0.785. The molecule has 0 spiro atoms. The summed E-state index contributed by atoms with van der Waals surface area (Å²) < 4.78 is 16.5. The Morgan fingerprint density at radius 3 is 2.76 bits per heavy atom. The van der Waals surface area contributed by atoms with Gasteiger partial charge < -0.3 is 23.9 Å².